The summed E-state index contributed by atoms with van der Waals surface area (Å²) in [6.07, 6.45) is -0.949. The number of halogens is 4. The quantitative estimate of drug-likeness (QED) is 0.188. The van der Waals surface area contributed by atoms with Gasteiger partial charge in [-0.1, -0.05) is 55.8 Å². The van der Waals surface area contributed by atoms with E-state index in [1.165, 1.54) is 35.2 Å². The second kappa shape index (κ2) is 13.3. The molecule has 3 amide bonds. The number of hydrogen-bond acceptors (Lipinski definition) is 2. The van der Waals surface area contributed by atoms with E-state index in [2.05, 4.69) is 10.3 Å². The first-order valence-electron chi connectivity index (χ1n) is 13.4. The number of alkyl halides is 3. The maximum Gasteiger partial charge on any atom is 0.418 e. The fraction of sp³-hybridized carbons (Fsp3) is 0.290. The smallest absolute Gasteiger partial charge is 0.361 e. The van der Waals surface area contributed by atoms with Crippen LogP contribution in [0.2, 0.25) is 0 Å². The van der Waals surface area contributed by atoms with Crippen molar-refractivity contribution in [2.45, 2.75) is 38.9 Å². The molecule has 216 valence electrons. The van der Waals surface area contributed by atoms with Gasteiger partial charge in [0.1, 0.15) is 12.4 Å². The van der Waals surface area contributed by atoms with Crippen molar-refractivity contribution >= 4 is 28.5 Å². The first-order valence-corrected chi connectivity index (χ1v) is 13.4. The average Bonchev–Trinajstić information content (AvgIpc) is 3.37. The molecular formula is C31H32F4N4O2. The topological polar surface area (TPSA) is 68.4 Å². The number of fused-ring (bicyclic) bond motifs is 1. The summed E-state index contributed by atoms with van der Waals surface area (Å²) < 4.78 is 54.0. The van der Waals surface area contributed by atoms with Gasteiger partial charge in [0.15, 0.2) is 0 Å². The van der Waals surface area contributed by atoms with Crippen molar-refractivity contribution < 1.29 is 27.2 Å². The third-order valence-electron chi connectivity index (χ3n) is 6.83. The van der Waals surface area contributed by atoms with Crippen molar-refractivity contribution in [1.82, 2.24) is 14.8 Å². The molecule has 6 nitrogen and oxygen atoms in total. The van der Waals surface area contributed by atoms with Gasteiger partial charge in [-0.05, 0) is 54.3 Å². The monoisotopic (exact) mass is 568 g/mol. The number of aromatic nitrogens is 1. The number of amides is 3. The van der Waals surface area contributed by atoms with Crippen LogP contribution in [0.5, 0.6) is 0 Å². The number of para-hydroxylation sites is 2. The number of H-pyrrole nitrogens is 1. The summed E-state index contributed by atoms with van der Waals surface area (Å²) in [6.45, 7) is 2.28. The summed E-state index contributed by atoms with van der Waals surface area (Å²) in [5.41, 5.74) is 1.36. The number of carbonyl (C=O) groups is 2. The lowest BCUT2D eigenvalue weighted by atomic mass is 10.1. The van der Waals surface area contributed by atoms with Gasteiger partial charge in [0, 0.05) is 36.7 Å². The van der Waals surface area contributed by atoms with Gasteiger partial charge in [0.05, 0.1) is 11.3 Å². The summed E-state index contributed by atoms with van der Waals surface area (Å²) in [6, 6.07) is 17.6. The van der Waals surface area contributed by atoms with Gasteiger partial charge in [-0.3, -0.25) is 4.79 Å². The highest BCUT2D eigenvalue weighted by molar-refractivity contribution is 5.93. The minimum Gasteiger partial charge on any atom is -0.361 e. The number of unbranched alkanes of at least 4 members (excludes halogenated alkanes) is 1. The molecule has 0 spiro atoms. The molecule has 0 saturated carbocycles. The van der Waals surface area contributed by atoms with E-state index in [0.29, 0.717) is 24.9 Å². The van der Waals surface area contributed by atoms with E-state index in [-0.39, 0.29) is 31.2 Å². The molecule has 0 saturated heterocycles. The number of nitrogens with zero attached hydrogens (tertiary/aromatic N) is 2. The number of benzene rings is 3. The van der Waals surface area contributed by atoms with Crippen LogP contribution in [0.4, 0.5) is 28.0 Å². The average molecular weight is 569 g/mol. The van der Waals surface area contributed by atoms with Crippen LogP contribution in [0.25, 0.3) is 10.9 Å². The number of urea groups is 1. The number of rotatable bonds is 11. The predicted molar refractivity (Wildman–Crippen MR) is 151 cm³/mol. The molecule has 0 aliphatic rings. The Bertz CT molecular complexity index is 1470. The molecule has 2 N–H and O–H groups in total. The summed E-state index contributed by atoms with van der Waals surface area (Å²) in [7, 11) is 0. The molecule has 41 heavy (non-hydrogen) atoms. The Labute approximate surface area is 236 Å². The molecule has 0 aliphatic carbocycles. The Morgan fingerprint density at radius 2 is 1.61 bits per heavy atom. The number of anilines is 1. The van der Waals surface area contributed by atoms with Gasteiger partial charge in [-0.2, -0.15) is 13.2 Å². The molecule has 0 aliphatic heterocycles. The molecule has 4 aromatic rings. The van der Waals surface area contributed by atoms with E-state index in [9.17, 15) is 27.2 Å². The Kier molecular flexibility index (Phi) is 9.65. The molecule has 10 heteroatoms. The third-order valence-corrected chi connectivity index (χ3v) is 6.83. The van der Waals surface area contributed by atoms with Crippen LogP contribution in [0.3, 0.4) is 0 Å². The Morgan fingerprint density at radius 3 is 2.34 bits per heavy atom. The zero-order valence-corrected chi connectivity index (χ0v) is 22.7. The number of nitrogens with one attached hydrogen (secondary N) is 2. The van der Waals surface area contributed by atoms with E-state index in [1.54, 1.807) is 17.0 Å². The van der Waals surface area contributed by atoms with Gasteiger partial charge in [-0.25, -0.2) is 9.18 Å². The van der Waals surface area contributed by atoms with Crippen LogP contribution in [-0.4, -0.2) is 46.4 Å². The lowest BCUT2D eigenvalue weighted by Gasteiger charge is -2.28. The molecule has 0 bridgehead atoms. The van der Waals surface area contributed by atoms with Gasteiger partial charge in [-0.15, -0.1) is 0 Å². The lowest BCUT2D eigenvalue weighted by molar-refractivity contribution is -0.137. The zero-order valence-electron chi connectivity index (χ0n) is 22.7. The standard InChI is InChI=1S/C31H32F4N4O2/c1-2-3-17-39(30(41)37-28-11-7-5-9-26(28)31(33,34)35)21-29(40)38(20-22-12-14-24(32)15-13-22)18-16-23-19-36-27-10-6-4-8-25(23)27/h4-15,19,36H,2-3,16-18,20-21H2,1H3,(H,37,41). The molecule has 3 aromatic carbocycles. The van der Waals surface area contributed by atoms with Crippen LogP contribution in [-0.2, 0) is 23.9 Å². The van der Waals surface area contributed by atoms with Crippen molar-refractivity contribution in [2.75, 3.05) is 25.0 Å². The van der Waals surface area contributed by atoms with E-state index in [4.69, 9.17) is 0 Å². The van der Waals surface area contributed by atoms with E-state index >= 15 is 0 Å². The Balaban J connectivity index is 1.53. The van der Waals surface area contributed by atoms with Crippen molar-refractivity contribution in [1.29, 1.82) is 0 Å². The zero-order chi connectivity index (χ0) is 29.4. The first kappa shape index (κ1) is 29.6. The number of carbonyl (C=O) groups excluding carboxylic acids is 2. The largest absolute Gasteiger partial charge is 0.418 e. The van der Waals surface area contributed by atoms with Crippen LogP contribution < -0.4 is 5.32 Å². The van der Waals surface area contributed by atoms with Crippen molar-refractivity contribution in [3.05, 3.63) is 102 Å². The number of hydrogen-bond donors (Lipinski definition) is 2. The highest BCUT2D eigenvalue weighted by atomic mass is 19.4. The van der Waals surface area contributed by atoms with Crippen LogP contribution in [0.1, 0.15) is 36.5 Å². The summed E-state index contributed by atoms with van der Waals surface area (Å²) in [4.78, 5) is 32.9. The lowest BCUT2D eigenvalue weighted by Crippen LogP contribution is -2.45. The third kappa shape index (κ3) is 7.87. The molecule has 0 unspecified atom stereocenters. The maximum atomic E-state index is 13.6. The fourth-order valence-corrected chi connectivity index (χ4v) is 4.59. The number of aromatic amines is 1. The van der Waals surface area contributed by atoms with E-state index in [1.807, 2.05) is 37.4 Å². The molecular weight excluding hydrogens is 536 g/mol. The van der Waals surface area contributed by atoms with Crippen molar-refractivity contribution in [3.63, 3.8) is 0 Å². The van der Waals surface area contributed by atoms with Gasteiger partial charge in [0.2, 0.25) is 5.91 Å². The van der Waals surface area contributed by atoms with Crippen molar-refractivity contribution in [3.8, 4) is 0 Å². The predicted octanol–water partition coefficient (Wildman–Crippen LogP) is 7.23. The minimum absolute atomic E-state index is 0.182. The van der Waals surface area contributed by atoms with Crippen LogP contribution in [0.15, 0.2) is 79.0 Å². The van der Waals surface area contributed by atoms with Gasteiger partial charge < -0.3 is 20.1 Å². The van der Waals surface area contributed by atoms with E-state index in [0.717, 1.165) is 29.0 Å². The van der Waals surface area contributed by atoms with Crippen LogP contribution >= 0.6 is 0 Å². The normalized spacial score (nSPS) is 11.4. The molecule has 0 radical (unpaired) electrons. The molecule has 1 heterocycles. The second-order valence-electron chi connectivity index (χ2n) is 9.80. The SMILES string of the molecule is CCCCN(CC(=O)N(CCc1c[nH]c2ccccc12)Cc1ccc(F)cc1)C(=O)Nc1ccccc1C(F)(F)F. The minimum atomic E-state index is -4.65. The maximum absolute atomic E-state index is 13.6. The molecule has 1 aromatic heterocycles. The second-order valence-corrected chi connectivity index (χ2v) is 9.80. The van der Waals surface area contributed by atoms with Crippen molar-refractivity contribution in [2.24, 2.45) is 0 Å². The molecule has 0 atom stereocenters. The van der Waals surface area contributed by atoms with Crippen LogP contribution in [0, 0.1) is 5.82 Å². The fourth-order valence-electron chi connectivity index (χ4n) is 4.59. The Morgan fingerprint density at radius 1 is 0.902 bits per heavy atom. The van der Waals surface area contributed by atoms with E-state index < -0.39 is 23.6 Å². The Hall–Kier alpha value is -4.34. The van der Waals surface area contributed by atoms with Gasteiger partial charge in [0.25, 0.3) is 0 Å². The highest BCUT2D eigenvalue weighted by Gasteiger charge is 2.34. The summed E-state index contributed by atoms with van der Waals surface area (Å²) >= 11 is 0. The highest BCUT2D eigenvalue weighted by Crippen LogP contribution is 2.34. The van der Waals surface area contributed by atoms with Gasteiger partial charge >= 0.3 is 12.2 Å². The molecule has 4 rings (SSSR count). The molecule has 0 fully saturated rings. The summed E-state index contributed by atoms with van der Waals surface area (Å²) in [5, 5.41) is 3.39. The first-order chi connectivity index (χ1) is 19.7. The summed E-state index contributed by atoms with van der Waals surface area (Å²) in [5.74, 6) is -0.767.